The smallest absolute Gasteiger partial charge is 0.304 e. The van der Waals surface area contributed by atoms with Crippen LogP contribution in [-0.4, -0.2) is 35.6 Å². The standard InChI is InChI=1S/C13H25NO2/c1-10(2)11-4-6-12(7-5-11)14(3)9-8-13(15)16/h10-12H,4-9H2,1-3H3,(H,15,16). The minimum atomic E-state index is -0.692. The van der Waals surface area contributed by atoms with Crippen molar-refractivity contribution in [2.75, 3.05) is 13.6 Å². The van der Waals surface area contributed by atoms with Crippen LogP contribution in [0, 0.1) is 11.8 Å². The second-order valence-corrected chi connectivity index (χ2v) is 5.44. The molecule has 3 heteroatoms. The van der Waals surface area contributed by atoms with E-state index in [9.17, 15) is 4.79 Å². The third-order valence-corrected chi connectivity index (χ3v) is 3.99. The fourth-order valence-corrected chi connectivity index (χ4v) is 2.66. The van der Waals surface area contributed by atoms with Gasteiger partial charge in [-0.1, -0.05) is 13.8 Å². The molecule has 0 amide bonds. The van der Waals surface area contributed by atoms with Gasteiger partial charge in [-0.15, -0.1) is 0 Å². The molecular weight excluding hydrogens is 202 g/mol. The maximum absolute atomic E-state index is 10.5. The van der Waals surface area contributed by atoms with Crippen molar-refractivity contribution in [3.05, 3.63) is 0 Å². The van der Waals surface area contributed by atoms with Gasteiger partial charge in [0.1, 0.15) is 0 Å². The van der Waals surface area contributed by atoms with Gasteiger partial charge >= 0.3 is 5.97 Å². The first-order valence-corrected chi connectivity index (χ1v) is 6.42. The van der Waals surface area contributed by atoms with Crippen molar-refractivity contribution in [3.8, 4) is 0 Å². The first-order valence-electron chi connectivity index (χ1n) is 6.42. The highest BCUT2D eigenvalue weighted by Gasteiger charge is 2.25. The zero-order valence-corrected chi connectivity index (χ0v) is 10.8. The Morgan fingerprint density at radius 2 is 1.88 bits per heavy atom. The van der Waals surface area contributed by atoms with Crippen LogP contribution in [0.2, 0.25) is 0 Å². The summed E-state index contributed by atoms with van der Waals surface area (Å²) in [5.74, 6) is 0.983. The van der Waals surface area contributed by atoms with E-state index in [-0.39, 0.29) is 6.42 Å². The van der Waals surface area contributed by atoms with Crippen LogP contribution in [0.1, 0.15) is 46.0 Å². The number of nitrogens with zero attached hydrogens (tertiary/aromatic N) is 1. The zero-order chi connectivity index (χ0) is 12.1. The number of hydrogen-bond acceptors (Lipinski definition) is 2. The Hall–Kier alpha value is -0.570. The zero-order valence-electron chi connectivity index (χ0n) is 10.8. The van der Waals surface area contributed by atoms with Gasteiger partial charge in [-0.3, -0.25) is 4.79 Å². The van der Waals surface area contributed by atoms with Crippen LogP contribution in [0.15, 0.2) is 0 Å². The Balaban J connectivity index is 2.27. The number of carboxylic acids is 1. The fraction of sp³-hybridized carbons (Fsp3) is 0.923. The Kier molecular flexibility index (Phi) is 5.26. The average Bonchev–Trinajstić information content (AvgIpc) is 2.26. The topological polar surface area (TPSA) is 40.5 Å². The molecule has 0 aromatic heterocycles. The van der Waals surface area contributed by atoms with Crippen LogP contribution in [0.4, 0.5) is 0 Å². The van der Waals surface area contributed by atoms with E-state index in [1.807, 2.05) is 0 Å². The van der Waals surface area contributed by atoms with E-state index in [2.05, 4.69) is 25.8 Å². The van der Waals surface area contributed by atoms with Crippen molar-refractivity contribution >= 4 is 5.97 Å². The molecule has 1 fully saturated rings. The summed E-state index contributed by atoms with van der Waals surface area (Å²) in [5, 5.41) is 8.65. The number of aliphatic carboxylic acids is 1. The molecule has 0 aliphatic heterocycles. The molecule has 1 saturated carbocycles. The van der Waals surface area contributed by atoms with Crippen molar-refractivity contribution in [1.82, 2.24) is 4.90 Å². The molecule has 0 heterocycles. The lowest BCUT2D eigenvalue weighted by molar-refractivity contribution is -0.137. The van der Waals surface area contributed by atoms with Crippen LogP contribution in [0.25, 0.3) is 0 Å². The van der Waals surface area contributed by atoms with Gasteiger partial charge < -0.3 is 10.0 Å². The fourth-order valence-electron chi connectivity index (χ4n) is 2.66. The maximum atomic E-state index is 10.5. The molecule has 94 valence electrons. The van der Waals surface area contributed by atoms with Crippen molar-refractivity contribution in [2.45, 2.75) is 52.0 Å². The first kappa shape index (κ1) is 13.5. The molecule has 0 unspecified atom stereocenters. The molecule has 1 aliphatic rings. The molecule has 1 rings (SSSR count). The molecule has 0 spiro atoms. The quantitative estimate of drug-likeness (QED) is 0.785. The van der Waals surface area contributed by atoms with Gasteiger partial charge in [0.15, 0.2) is 0 Å². The molecule has 3 nitrogen and oxygen atoms in total. The van der Waals surface area contributed by atoms with E-state index in [0.717, 1.165) is 11.8 Å². The monoisotopic (exact) mass is 227 g/mol. The third-order valence-electron chi connectivity index (χ3n) is 3.99. The van der Waals surface area contributed by atoms with Gasteiger partial charge in [0, 0.05) is 12.6 Å². The summed E-state index contributed by atoms with van der Waals surface area (Å²) in [6.45, 7) is 5.30. The predicted octanol–water partition coefficient (Wildman–Crippen LogP) is 2.61. The van der Waals surface area contributed by atoms with E-state index in [4.69, 9.17) is 5.11 Å². The molecule has 1 N–H and O–H groups in total. The molecule has 0 bridgehead atoms. The lowest BCUT2D eigenvalue weighted by Crippen LogP contribution is -2.37. The second-order valence-electron chi connectivity index (χ2n) is 5.44. The minimum absolute atomic E-state index is 0.264. The normalized spacial score (nSPS) is 26.3. The molecule has 16 heavy (non-hydrogen) atoms. The summed E-state index contributed by atoms with van der Waals surface area (Å²) in [5.41, 5.74) is 0. The molecule has 0 radical (unpaired) electrons. The average molecular weight is 227 g/mol. The number of rotatable bonds is 5. The minimum Gasteiger partial charge on any atom is -0.481 e. The van der Waals surface area contributed by atoms with Crippen molar-refractivity contribution < 1.29 is 9.90 Å². The Morgan fingerprint density at radius 1 is 1.31 bits per heavy atom. The van der Waals surface area contributed by atoms with Crippen LogP contribution < -0.4 is 0 Å². The summed E-state index contributed by atoms with van der Waals surface area (Å²) >= 11 is 0. The number of carbonyl (C=O) groups is 1. The van der Waals surface area contributed by atoms with Gasteiger partial charge in [-0.2, -0.15) is 0 Å². The highest BCUT2D eigenvalue weighted by atomic mass is 16.4. The SMILES string of the molecule is CC(C)C1CCC(N(C)CCC(=O)O)CC1. The summed E-state index contributed by atoms with van der Waals surface area (Å²) in [6.07, 6.45) is 5.35. The summed E-state index contributed by atoms with van der Waals surface area (Å²) in [4.78, 5) is 12.7. The van der Waals surface area contributed by atoms with E-state index >= 15 is 0 Å². The van der Waals surface area contributed by atoms with Crippen LogP contribution >= 0.6 is 0 Å². The Bertz CT molecular complexity index is 220. The Morgan fingerprint density at radius 3 is 2.31 bits per heavy atom. The molecule has 0 aromatic rings. The molecule has 0 saturated heterocycles. The molecule has 1 aliphatic carbocycles. The van der Waals surface area contributed by atoms with Gasteiger partial charge in [0.2, 0.25) is 0 Å². The van der Waals surface area contributed by atoms with Crippen LogP contribution in [0.3, 0.4) is 0 Å². The predicted molar refractivity (Wildman–Crippen MR) is 65.5 cm³/mol. The van der Waals surface area contributed by atoms with Crippen molar-refractivity contribution in [1.29, 1.82) is 0 Å². The first-order chi connectivity index (χ1) is 7.50. The third kappa shape index (κ3) is 4.12. The van der Waals surface area contributed by atoms with E-state index in [0.29, 0.717) is 12.6 Å². The molecule has 0 aromatic carbocycles. The number of carboxylic acid groups (broad SMARTS) is 1. The van der Waals surface area contributed by atoms with E-state index < -0.39 is 5.97 Å². The number of hydrogen-bond donors (Lipinski definition) is 1. The van der Waals surface area contributed by atoms with Gasteiger partial charge in [0.05, 0.1) is 6.42 Å². The molecular formula is C13H25NO2. The second kappa shape index (κ2) is 6.24. The summed E-state index contributed by atoms with van der Waals surface area (Å²) in [6, 6.07) is 0.606. The lowest BCUT2D eigenvalue weighted by atomic mass is 9.79. The van der Waals surface area contributed by atoms with E-state index in [1.165, 1.54) is 25.7 Å². The Labute approximate surface area is 98.8 Å². The summed E-state index contributed by atoms with van der Waals surface area (Å²) in [7, 11) is 2.06. The van der Waals surface area contributed by atoms with Gasteiger partial charge in [-0.25, -0.2) is 0 Å². The highest BCUT2D eigenvalue weighted by Crippen LogP contribution is 2.31. The maximum Gasteiger partial charge on any atom is 0.304 e. The van der Waals surface area contributed by atoms with Crippen molar-refractivity contribution in [2.24, 2.45) is 11.8 Å². The van der Waals surface area contributed by atoms with Crippen LogP contribution in [0.5, 0.6) is 0 Å². The van der Waals surface area contributed by atoms with Gasteiger partial charge in [-0.05, 0) is 44.6 Å². The van der Waals surface area contributed by atoms with Crippen LogP contribution in [-0.2, 0) is 4.79 Å². The largest absolute Gasteiger partial charge is 0.481 e. The van der Waals surface area contributed by atoms with Gasteiger partial charge in [0.25, 0.3) is 0 Å². The lowest BCUT2D eigenvalue weighted by Gasteiger charge is -2.35. The summed E-state index contributed by atoms with van der Waals surface area (Å²) < 4.78 is 0. The molecule has 0 atom stereocenters. The highest BCUT2D eigenvalue weighted by molar-refractivity contribution is 5.66. The van der Waals surface area contributed by atoms with Crippen molar-refractivity contribution in [3.63, 3.8) is 0 Å². The van der Waals surface area contributed by atoms with E-state index in [1.54, 1.807) is 0 Å².